The van der Waals surface area contributed by atoms with Gasteiger partial charge in [-0.2, -0.15) is 5.10 Å². The van der Waals surface area contributed by atoms with Crippen molar-refractivity contribution in [3.8, 4) is 0 Å². The van der Waals surface area contributed by atoms with Crippen molar-refractivity contribution in [2.75, 3.05) is 26.3 Å². The van der Waals surface area contributed by atoms with Gasteiger partial charge in [0, 0.05) is 7.11 Å². The number of hydrogen-bond donors (Lipinski definition) is 1. The van der Waals surface area contributed by atoms with E-state index in [9.17, 15) is 14.0 Å². The van der Waals surface area contributed by atoms with Gasteiger partial charge in [0.05, 0.1) is 12.8 Å². The van der Waals surface area contributed by atoms with E-state index in [-0.39, 0.29) is 12.3 Å². The number of esters is 1. The highest BCUT2D eigenvalue weighted by Crippen LogP contribution is 2.15. The van der Waals surface area contributed by atoms with Crippen molar-refractivity contribution in [1.82, 2.24) is 0 Å². The summed E-state index contributed by atoms with van der Waals surface area (Å²) < 4.78 is 22.6. The molecule has 0 bridgehead atoms. The molecular formula is C13H15FN2O4. The van der Waals surface area contributed by atoms with Crippen LogP contribution in [0.2, 0.25) is 0 Å². The molecule has 0 aliphatic rings. The number of hydrazone groups is 1. The van der Waals surface area contributed by atoms with Crippen LogP contribution in [0.3, 0.4) is 0 Å². The number of methoxy groups -OCH3 is 2. The maximum absolute atomic E-state index is 13.5. The number of halogens is 1. The molecule has 1 N–H and O–H groups in total. The highest BCUT2D eigenvalue weighted by atomic mass is 19.1. The van der Waals surface area contributed by atoms with Gasteiger partial charge in [0.1, 0.15) is 12.4 Å². The Kier molecular flexibility index (Phi) is 5.79. The van der Waals surface area contributed by atoms with E-state index in [0.29, 0.717) is 0 Å². The third-order valence-corrected chi connectivity index (χ3v) is 2.33. The van der Waals surface area contributed by atoms with Crippen LogP contribution < -0.4 is 5.43 Å². The molecule has 20 heavy (non-hydrogen) atoms. The van der Waals surface area contributed by atoms with Gasteiger partial charge in [0.15, 0.2) is 0 Å². The number of hydrogen-bond acceptors (Lipinski definition) is 6. The molecule has 0 fully saturated rings. The molecule has 0 saturated heterocycles. The van der Waals surface area contributed by atoms with Gasteiger partial charge in [0.25, 0.3) is 0 Å². The van der Waals surface area contributed by atoms with Crippen molar-refractivity contribution < 1.29 is 23.5 Å². The van der Waals surface area contributed by atoms with Crippen LogP contribution in [0.25, 0.3) is 0 Å². The maximum Gasteiger partial charge on any atom is 0.362 e. The van der Waals surface area contributed by atoms with Gasteiger partial charge >= 0.3 is 5.97 Å². The summed E-state index contributed by atoms with van der Waals surface area (Å²) in [5.74, 6) is -2.14. The van der Waals surface area contributed by atoms with Gasteiger partial charge in [-0.25, -0.2) is 9.18 Å². The molecule has 1 aromatic carbocycles. The molecular weight excluding hydrogens is 267 g/mol. The molecule has 108 valence electrons. The minimum Gasteiger partial charge on any atom is -0.464 e. The van der Waals surface area contributed by atoms with E-state index in [2.05, 4.69) is 20.0 Å². The standard InChI is InChI=1S/C13H15FN2O4/c1-8-4-5-9(14)10(6-8)15-16-12(13(18)20-3)11(17)7-19-2/h4-6,15H,7H2,1-3H3/b16-12+. The van der Waals surface area contributed by atoms with E-state index in [1.165, 1.54) is 19.2 Å². The third-order valence-electron chi connectivity index (χ3n) is 2.33. The first-order valence-electron chi connectivity index (χ1n) is 5.70. The fourth-order valence-corrected chi connectivity index (χ4v) is 1.36. The number of carbonyl (C=O) groups excluding carboxylic acids is 2. The van der Waals surface area contributed by atoms with Crippen LogP contribution >= 0.6 is 0 Å². The monoisotopic (exact) mass is 282 g/mol. The van der Waals surface area contributed by atoms with E-state index in [1.54, 1.807) is 13.0 Å². The lowest BCUT2D eigenvalue weighted by atomic mass is 10.2. The van der Waals surface area contributed by atoms with Crippen molar-refractivity contribution >= 4 is 23.2 Å². The average molecular weight is 282 g/mol. The number of anilines is 1. The average Bonchev–Trinajstić information content (AvgIpc) is 2.42. The predicted octanol–water partition coefficient (Wildman–Crippen LogP) is 1.29. The van der Waals surface area contributed by atoms with Crippen LogP contribution in [0.15, 0.2) is 23.3 Å². The molecule has 0 radical (unpaired) electrons. The van der Waals surface area contributed by atoms with Crippen LogP contribution in [0.1, 0.15) is 5.56 Å². The van der Waals surface area contributed by atoms with Gasteiger partial charge in [-0.1, -0.05) is 6.07 Å². The van der Waals surface area contributed by atoms with Crippen LogP contribution in [0.5, 0.6) is 0 Å². The van der Waals surface area contributed by atoms with Crippen molar-refractivity contribution in [1.29, 1.82) is 0 Å². The van der Waals surface area contributed by atoms with Crippen molar-refractivity contribution in [3.05, 3.63) is 29.6 Å². The number of carbonyl (C=O) groups is 2. The second kappa shape index (κ2) is 7.34. The molecule has 0 spiro atoms. The number of nitrogens with zero attached hydrogens (tertiary/aromatic N) is 1. The van der Waals surface area contributed by atoms with Crippen molar-refractivity contribution in [3.63, 3.8) is 0 Å². The van der Waals surface area contributed by atoms with Crippen molar-refractivity contribution in [2.24, 2.45) is 5.10 Å². The maximum atomic E-state index is 13.5. The Hall–Kier alpha value is -2.28. The first kappa shape index (κ1) is 15.8. The normalized spacial score (nSPS) is 11.1. The molecule has 0 aliphatic carbocycles. The van der Waals surface area contributed by atoms with Gasteiger partial charge in [-0.05, 0) is 24.6 Å². The van der Waals surface area contributed by atoms with Gasteiger partial charge in [-0.15, -0.1) is 0 Å². The molecule has 0 amide bonds. The third kappa shape index (κ3) is 4.13. The number of Topliss-reactive ketones (excluding diaryl/α,β-unsaturated/α-hetero) is 1. The van der Waals surface area contributed by atoms with Gasteiger partial charge < -0.3 is 9.47 Å². The molecule has 0 atom stereocenters. The van der Waals surface area contributed by atoms with E-state index in [0.717, 1.165) is 12.7 Å². The topological polar surface area (TPSA) is 77.0 Å². The van der Waals surface area contributed by atoms with E-state index in [4.69, 9.17) is 0 Å². The van der Waals surface area contributed by atoms with E-state index in [1.807, 2.05) is 0 Å². The first-order valence-corrected chi connectivity index (χ1v) is 5.70. The largest absolute Gasteiger partial charge is 0.464 e. The van der Waals surface area contributed by atoms with E-state index >= 15 is 0 Å². The minimum absolute atomic E-state index is 0.0524. The second-order valence-electron chi connectivity index (χ2n) is 3.90. The Morgan fingerprint density at radius 3 is 2.65 bits per heavy atom. The van der Waals surface area contributed by atoms with E-state index < -0.39 is 23.3 Å². The molecule has 0 aliphatic heterocycles. The summed E-state index contributed by atoms with van der Waals surface area (Å²) >= 11 is 0. The SMILES string of the molecule is COCC(=O)/C(=N\Nc1cc(C)ccc1F)C(=O)OC. The number of nitrogens with one attached hydrogen (secondary N) is 1. The minimum atomic E-state index is -0.924. The summed E-state index contributed by atoms with van der Waals surface area (Å²) in [6, 6.07) is 4.33. The summed E-state index contributed by atoms with van der Waals surface area (Å²) in [7, 11) is 2.42. The van der Waals surface area contributed by atoms with Crippen LogP contribution in [-0.2, 0) is 19.1 Å². The zero-order chi connectivity index (χ0) is 15.1. The Morgan fingerprint density at radius 2 is 2.05 bits per heavy atom. The Balaban J connectivity index is 2.99. The molecule has 0 aromatic heterocycles. The Labute approximate surface area is 115 Å². The van der Waals surface area contributed by atoms with Gasteiger partial charge in [-0.3, -0.25) is 10.2 Å². The molecule has 0 saturated carbocycles. The zero-order valence-electron chi connectivity index (χ0n) is 11.4. The summed E-state index contributed by atoms with van der Waals surface area (Å²) in [5.41, 5.74) is 2.70. The Bertz CT molecular complexity index is 543. The fourth-order valence-electron chi connectivity index (χ4n) is 1.36. The molecule has 0 unspecified atom stereocenters. The van der Waals surface area contributed by atoms with Crippen LogP contribution in [-0.4, -0.2) is 38.3 Å². The quantitative estimate of drug-likeness (QED) is 0.368. The molecule has 1 rings (SSSR count). The van der Waals surface area contributed by atoms with Crippen molar-refractivity contribution in [2.45, 2.75) is 6.92 Å². The lowest BCUT2D eigenvalue weighted by Crippen LogP contribution is -2.29. The van der Waals surface area contributed by atoms with Crippen LogP contribution in [0.4, 0.5) is 10.1 Å². The number of aryl methyl sites for hydroxylation is 1. The second-order valence-corrected chi connectivity index (χ2v) is 3.90. The first-order chi connectivity index (χ1) is 9.49. The summed E-state index contributed by atoms with van der Waals surface area (Å²) in [5, 5.41) is 3.61. The number of benzene rings is 1. The molecule has 7 heteroatoms. The fraction of sp³-hybridized carbons (Fsp3) is 0.308. The number of rotatable bonds is 6. The predicted molar refractivity (Wildman–Crippen MR) is 71.1 cm³/mol. The smallest absolute Gasteiger partial charge is 0.362 e. The highest BCUT2D eigenvalue weighted by molar-refractivity contribution is 6.64. The summed E-state index contributed by atoms with van der Waals surface area (Å²) in [4.78, 5) is 23.1. The molecule has 0 heterocycles. The van der Waals surface area contributed by atoms with Gasteiger partial charge in [0.2, 0.25) is 11.5 Å². The zero-order valence-corrected chi connectivity index (χ0v) is 11.4. The molecule has 1 aromatic rings. The van der Waals surface area contributed by atoms with Crippen LogP contribution in [0, 0.1) is 12.7 Å². The highest BCUT2D eigenvalue weighted by Gasteiger charge is 2.21. The summed E-state index contributed by atoms with van der Waals surface area (Å²) in [6.07, 6.45) is 0. The lowest BCUT2D eigenvalue weighted by molar-refractivity contribution is -0.133. The Morgan fingerprint density at radius 1 is 1.35 bits per heavy atom. The lowest BCUT2D eigenvalue weighted by Gasteiger charge is -2.06. The number of ketones is 1. The number of ether oxygens (including phenoxy) is 2. The summed E-state index contributed by atoms with van der Waals surface area (Å²) in [6.45, 7) is 1.44. The molecule has 6 nitrogen and oxygen atoms in total.